The quantitative estimate of drug-likeness (QED) is 0.856. The molecule has 2 N–H and O–H groups in total. The summed E-state index contributed by atoms with van der Waals surface area (Å²) in [6, 6.07) is 5.78. The maximum atomic E-state index is 13.0. The molecular weight excluding hydrogens is 316 g/mol. The monoisotopic (exact) mass is 344 g/mol. The van der Waals surface area contributed by atoms with Crippen LogP contribution in [0.1, 0.15) is 74.9 Å². The van der Waals surface area contributed by atoms with E-state index < -0.39 is 29.3 Å². The van der Waals surface area contributed by atoms with Crippen molar-refractivity contribution in [2.75, 3.05) is 0 Å². The lowest BCUT2D eigenvalue weighted by Gasteiger charge is -2.57. The molecule has 3 unspecified atom stereocenters. The summed E-state index contributed by atoms with van der Waals surface area (Å²) in [6.07, 6.45) is 0.0901. The predicted octanol–water partition coefficient (Wildman–Crippen LogP) is 3.76. The Balaban J connectivity index is 2.29. The fourth-order valence-electron chi connectivity index (χ4n) is 5.40. The molecule has 1 aromatic rings. The molecule has 1 aromatic carbocycles. The van der Waals surface area contributed by atoms with Crippen molar-refractivity contribution in [3.8, 4) is 0 Å². The highest BCUT2D eigenvalue weighted by atomic mass is 16.4. The van der Waals surface area contributed by atoms with Gasteiger partial charge in [-0.2, -0.15) is 0 Å². The summed E-state index contributed by atoms with van der Waals surface area (Å²) in [7, 11) is 0. The van der Waals surface area contributed by atoms with E-state index in [1.165, 1.54) is 0 Å². The van der Waals surface area contributed by atoms with Crippen LogP contribution >= 0.6 is 0 Å². The van der Waals surface area contributed by atoms with Crippen molar-refractivity contribution in [1.82, 2.24) is 0 Å². The normalized spacial score (nSPS) is 33.7. The van der Waals surface area contributed by atoms with Gasteiger partial charge >= 0.3 is 5.97 Å². The van der Waals surface area contributed by atoms with Gasteiger partial charge in [0.2, 0.25) is 0 Å². The molecule has 1 saturated carbocycles. The lowest BCUT2D eigenvalue weighted by atomic mass is 9.45. The Morgan fingerprint density at radius 3 is 2.44 bits per heavy atom. The summed E-state index contributed by atoms with van der Waals surface area (Å²) >= 11 is 0. The van der Waals surface area contributed by atoms with Crippen molar-refractivity contribution in [3.05, 3.63) is 34.9 Å². The predicted molar refractivity (Wildman–Crippen MR) is 95.9 cm³/mol. The second-order valence-corrected chi connectivity index (χ2v) is 8.95. The van der Waals surface area contributed by atoms with E-state index in [1.807, 2.05) is 39.0 Å². The first-order chi connectivity index (χ1) is 11.5. The molecule has 3 rings (SSSR count). The van der Waals surface area contributed by atoms with Gasteiger partial charge in [-0.3, -0.25) is 9.59 Å². The molecule has 1 fully saturated rings. The maximum absolute atomic E-state index is 13.0. The zero-order valence-corrected chi connectivity index (χ0v) is 15.7. The summed E-state index contributed by atoms with van der Waals surface area (Å²) in [5.41, 5.74) is 1.26. The number of aliphatic hydroxyl groups is 1. The van der Waals surface area contributed by atoms with E-state index in [-0.39, 0.29) is 17.1 Å². The molecule has 4 nitrogen and oxygen atoms in total. The van der Waals surface area contributed by atoms with Gasteiger partial charge in [0.05, 0.1) is 5.92 Å². The first kappa shape index (κ1) is 18.1. The van der Waals surface area contributed by atoms with Crippen LogP contribution in [0, 0.1) is 17.3 Å². The van der Waals surface area contributed by atoms with Gasteiger partial charge in [-0.05, 0) is 41.4 Å². The summed E-state index contributed by atoms with van der Waals surface area (Å²) in [4.78, 5) is 25.0. The van der Waals surface area contributed by atoms with Gasteiger partial charge in [-0.1, -0.05) is 46.8 Å². The van der Waals surface area contributed by atoms with Gasteiger partial charge < -0.3 is 10.2 Å². The number of carbonyl (C=O) groups excluding carboxylic acids is 1. The SMILES string of the molecule is CC(C)c1ccc2c(c1)C(=O)C(O)C1C(C)(C)CCC(C(=O)O)[C@]21C. The number of Topliss-reactive ketones (excluding diaryl/α,β-unsaturated/α-hetero) is 1. The molecule has 2 aliphatic carbocycles. The first-order valence-electron chi connectivity index (χ1n) is 9.11. The molecular formula is C21H28O4. The minimum atomic E-state index is -1.16. The summed E-state index contributed by atoms with van der Waals surface area (Å²) in [5.74, 6) is -1.85. The van der Waals surface area contributed by atoms with Gasteiger partial charge in [-0.15, -0.1) is 0 Å². The Kier molecular flexibility index (Phi) is 4.11. The Hall–Kier alpha value is -1.68. The fraction of sp³-hybridized carbons (Fsp3) is 0.619. The van der Waals surface area contributed by atoms with E-state index in [9.17, 15) is 19.8 Å². The van der Waals surface area contributed by atoms with Crippen LogP contribution < -0.4 is 0 Å². The number of hydrogen-bond acceptors (Lipinski definition) is 3. The first-order valence-corrected chi connectivity index (χ1v) is 9.11. The Bertz CT molecular complexity index is 733. The van der Waals surface area contributed by atoms with Crippen molar-refractivity contribution in [2.24, 2.45) is 17.3 Å². The third-order valence-electron chi connectivity index (χ3n) is 6.73. The molecule has 0 aliphatic heterocycles. The molecule has 25 heavy (non-hydrogen) atoms. The van der Waals surface area contributed by atoms with Crippen LogP contribution in [0.3, 0.4) is 0 Å². The van der Waals surface area contributed by atoms with E-state index in [0.29, 0.717) is 18.4 Å². The summed E-state index contributed by atoms with van der Waals surface area (Å²) in [5, 5.41) is 20.8. The summed E-state index contributed by atoms with van der Waals surface area (Å²) < 4.78 is 0. The fourth-order valence-corrected chi connectivity index (χ4v) is 5.40. The summed E-state index contributed by atoms with van der Waals surface area (Å²) in [6.45, 7) is 10.1. The van der Waals surface area contributed by atoms with Crippen LogP contribution in [-0.2, 0) is 10.2 Å². The zero-order chi connectivity index (χ0) is 18.7. The van der Waals surface area contributed by atoms with Gasteiger partial charge in [0.1, 0.15) is 6.10 Å². The van der Waals surface area contributed by atoms with Crippen LogP contribution in [0.15, 0.2) is 18.2 Å². The van der Waals surface area contributed by atoms with Crippen LogP contribution in [-0.4, -0.2) is 28.1 Å². The molecule has 0 bridgehead atoms. The molecule has 2 aliphatic rings. The highest BCUT2D eigenvalue weighted by Crippen LogP contribution is 2.59. The zero-order valence-electron chi connectivity index (χ0n) is 15.7. The van der Waals surface area contributed by atoms with E-state index in [4.69, 9.17) is 0 Å². The van der Waals surface area contributed by atoms with Crippen LogP contribution in [0.5, 0.6) is 0 Å². The van der Waals surface area contributed by atoms with Crippen LogP contribution in [0.25, 0.3) is 0 Å². The molecule has 0 radical (unpaired) electrons. The van der Waals surface area contributed by atoms with Gasteiger partial charge in [-0.25, -0.2) is 0 Å². The Labute approximate surface area is 149 Å². The average molecular weight is 344 g/mol. The number of carboxylic acid groups (broad SMARTS) is 1. The van der Waals surface area contributed by atoms with Gasteiger partial charge in [0.15, 0.2) is 5.78 Å². The molecule has 4 atom stereocenters. The average Bonchev–Trinajstić information content (AvgIpc) is 2.51. The van der Waals surface area contributed by atoms with Crippen molar-refractivity contribution in [3.63, 3.8) is 0 Å². The largest absolute Gasteiger partial charge is 0.481 e. The molecule has 0 heterocycles. The topological polar surface area (TPSA) is 74.6 Å². The molecule has 0 amide bonds. The molecule has 0 aromatic heterocycles. The molecule has 136 valence electrons. The smallest absolute Gasteiger partial charge is 0.307 e. The lowest BCUT2D eigenvalue weighted by molar-refractivity contribution is -0.153. The number of rotatable bonds is 2. The van der Waals surface area contributed by atoms with Crippen molar-refractivity contribution < 1.29 is 19.8 Å². The highest BCUT2D eigenvalue weighted by molar-refractivity contribution is 6.03. The molecule has 0 spiro atoms. The number of aliphatic hydroxyl groups excluding tert-OH is 1. The van der Waals surface area contributed by atoms with Crippen molar-refractivity contribution >= 4 is 11.8 Å². The maximum Gasteiger partial charge on any atom is 0.307 e. The molecule has 4 heteroatoms. The number of fused-ring (bicyclic) bond motifs is 3. The number of hydrogen-bond donors (Lipinski definition) is 2. The number of aliphatic carboxylic acids is 1. The van der Waals surface area contributed by atoms with Crippen LogP contribution in [0.4, 0.5) is 0 Å². The Morgan fingerprint density at radius 2 is 1.88 bits per heavy atom. The third kappa shape index (κ3) is 2.45. The van der Waals surface area contributed by atoms with E-state index in [2.05, 4.69) is 13.8 Å². The highest BCUT2D eigenvalue weighted by Gasteiger charge is 2.61. The van der Waals surface area contributed by atoms with Gasteiger partial charge in [0.25, 0.3) is 0 Å². The van der Waals surface area contributed by atoms with E-state index in [0.717, 1.165) is 11.1 Å². The van der Waals surface area contributed by atoms with Gasteiger partial charge in [0, 0.05) is 16.9 Å². The number of carbonyl (C=O) groups is 2. The van der Waals surface area contributed by atoms with E-state index >= 15 is 0 Å². The minimum absolute atomic E-state index is 0.263. The van der Waals surface area contributed by atoms with Crippen molar-refractivity contribution in [1.29, 1.82) is 0 Å². The second-order valence-electron chi connectivity index (χ2n) is 8.95. The number of carboxylic acids is 1. The standard InChI is InChI=1S/C21H28O4/c1-11(2)12-6-7-14-13(10-12)16(22)17(23)18-20(3,4)9-8-15(19(24)25)21(14,18)5/h6-7,10-11,15,17-18,23H,8-9H2,1-5H3,(H,24,25)/t15?,17?,18?,21-/m0/s1. The van der Waals surface area contributed by atoms with Crippen LogP contribution in [0.2, 0.25) is 0 Å². The van der Waals surface area contributed by atoms with E-state index in [1.54, 1.807) is 0 Å². The number of benzene rings is 1. The van der Waals surface area contributed by atoms with Crippen molar-refractivity contribution in [2.45, 2.75) is 64.9 Å². The minimum Gasteiger partial charge on any atom is -0.481 e. The second kappa shape index (κ2) is 5.66. The Morgan fingerprint density at radius 1 is 1.24 bits per heavy atom. The molecule has 0 saturated heterocycles. The number of ketones is 1. The third-order valence-corrected chi connectivity index (χ3v) is 6.73. The lowest BCUT2D eigenvalue weighted by Crippen LogP contribution is -2.61.